The molecular formula is C25H31FN8O. The molecule has 184 valence electrons. The summed E-state index contributed by atoms with van der Waals surface area (Å²) in [5.74, 6) is 1.54. The van der Waals surface area contributed by atoms with Crippen molar-refractivity contribution in [3.63, 3.8) is 0 Å². The maximum absolute atomic E-state index is 15.2. The largest absolute Gasteiger partial charge is 0.421 e. The number of benzene rings is 1. The second kappa shape index (κ2) is 9.53. The molecular weight excluding hydrogens is 447 g/mol. The van der Waals surface area contributed by atoms with Gasteiger partial charge < -0.3 is 19.9 Å². The van der Waals surface area contributed by atoms with Crippen LogP contribution in [0.3, 0.4) is 0 Å². The molecule has 0 amide bonds. The topological polar surface area (TPSA) is 98.0 Å². The summed E-state index contributed by atoms with van der Waals surface area (Å²) in [6.07, 6.45) is 1.06. The molecule has 0 spiro atoms. The van der Waals surface area contributed by atoms with Gasteiger partial charge in [-0.1, -0.05) is 13.8 Å². The van der Waals surface area contributed by atoms with E-state index in [9.17, 15) is 0 Å². The molecule has 10 heteroatoms. The van der Waals surface area contributed by atoms with Crippen LogP contribution in [0.2, 0.25) is 0 Å². The minimum absolute atomic E-state index is 0.0778. The standard InChI is InChI=1S/C25H31FN8O/c1-5-33(6-2)17-9-10-34(14-17)23-13-21(28-22-12-16(4)31-32-22)29-25(30-23)35-20-8-7-19-18(24(20)26)11-15(3)27-19/h7-8,11-13,17,27H,5-6,9-10,14H2,1-4H3,(H2,28,29,30,31,32). The van der Waals surface area contributed by atoms with Gasteiger partial charge >= 0.3 is 6.01 Å². The number of hydrogen-bond acceptors (Lipinski definition) is 7. The third-order valence-corrected chi connectivity index (χ3v) is 6.51. The van der Waals surface area contributed by atoms with Crippen LogP contribution in [0.1, 0.15) is 31.7 Å². The summed E-state index contributed by atoms with van der Waals surface area (Å²) in [4.78, 5) is 17.0. The molecule has 1 aromatic carbocycles. The Morgan fingerprint density at radius 3 is 2.69 bits per heavy atom. The monoisotopic (exact) mass is 478 g/mol. The number of rotatable bonds is 8. The SMILES string of the molecule is CCN(CC)C1CCN(c2cc(Nc3cc(C)[nH]n3)nc(Oc3ccc4[nH]c(C)cc4c3F)n2)C1. The van der Waals surface area contributed by atoms with Crippen LogP contribution in [0.4, 0.5) is 21.8 Å². The lowest BCUT2D eigenvalue weighted by Gasteiger charge is -2.26. The van der Waals surface area contributed by atoms with E-state index in [1.807, 2.05) is 26.0 Å². The highest BCUT2D eigenvalue weighted by atomic mass is 19.1. The molecule has 4 heterocycles. The van der Waals surface area contributed by atoms with Crippen molar-refractivity contribution in [2.75, 3.05) is 36.4 Å². The molecule has 0 bridgehead atoms. The lowest BCUT2D eigenvalue weighted by atomic mass is 10.2. The third kappa shape index (κ3) is 4.79. The quantitative estimate of drug-likeness (QED) is 0.332. The molecule has 1 aliphatic heterocycles. The van der Waals surface area contributed by atoms with Gasteiger partial charge in [-0.2, -0.15) is 15.1 Å². The lowest BCUT2D eigenvalue weighted by molar-refractivity contribution is 0.232. The zero-order chi connectivity index (χ0) is 24.5. The van der Waals surface area contributed by atoms with Gasteiger partial charge in [0, 0.05) is 53.6 Å². The predicted molar refractivity (Wildman–Crippen MR) is 135 cm³/mol. The number of halogens is 1. The maximum Gasteiger partial charge on any atom is 0.326 e. The highest BCUT2D eigenvalue weighted by Crippen LogP contribution is 2.32. The average molecular weight is 479 g/mol. The van der Waals surface area contributed by atoms with Crippen molar-refractivity contribution in [3.05, 3.63) is 47.5 Å². The third-order valence-electron chi connectivity index (χ3n) is 6.51. The van der Waals surface area contributed by atoms with Crippen LogP contribution in [0.25, 0.3) is 10.9 Å². The Hall–Kier alpha value is -3.66. The number of aryl methyl sites for hydroxylation is 2. The van der Waals surface area contributed by atoms with Gasteiger partial charge in [-0.3, -0.25) is 10.00 Å². The number of likely N-dealkylation sites (N-methyl/N-ethyl adjacent to an activating group) is 1. The Labute approximate surface area is 203 Å². The molecule has 0 saturated carbocycles. The fourth-order valence-electron chi connectivity index (χ4n) is 4.75. The van der Waals surface area contributed by atoms with E-state index < -0.39 is 5.82 Å². The number of nitrogens with zero attached hydrogens (tertiary/aromatic N) is 5. The highest BCUT2D eigenvalue weighted by molar-refractivity contribution is 5.82. The van der Waals surface area contributed by atoms with Crippen LogP contribution < -0.4 is 15.0 Å². The molecule has 0 radical (unpaired) electrons. The summed E-state index contributed by atoms with van der Waals surface area (Å²) in [6.45, 7) is 12.0. The normalized spacial score (nSPS) is 15.9. The molecule has 5 rings (SSSR count). The van der Waals surface area contributed by atoms with E-state index in [1.54, 1.807) is 18.2 Å². The summed E-state index contributed by atoms with van der Waals surface area (Å²) in [5, 5.41) is 10.8. The minimum Gasteiger partial charge on any atom is -0.421 e. The van der Waals surface area contributed by atoms with Crippen molar-refractivity contribution in [2.24, 2.45) is 0 Å². The first-order valence-electron chi connectivity index (χ1n) is 12.1. The summed E-state index contributed by atoms with van der Waals surface area (Å²) in [7, 11) is 0. The van der Waals surface area contributed by atoms with Gasteiger partial charge in [-0.05, 0) is 51.6 Å². The van der Waals surface area contributed by atoms with Crippen LogP contribution in [0.15, 0.2) is 30.3 Å². The van der Waals surface area contributed by atoms with Crippen LogP contribution >= 0.6 is 0 Å². The molecule has 35 heavy (non-hydrogen) atoms. The number of aromatic nitrogens is 5. The van der Waals surface area contributed by atoms with Crippen molar-refractivity contribution < 1.29 is 9.13 Å². The van der Waals surface area contributed by atoms with Crippen LogP contribution in [-0.2, 0) is 0 Å². The smallest absolute Gasteiger partial charge is 0.326 e. The van der Waals surface area contributed by atoms with Gasteiger partial charge in [-0.15, -0.1) is 0 Å². The summed E-state index contributed by atoms with van der Waals surface area (Å²) >= 11 is 0. The molecule has 1 saturated heterocycles. The predicted octanol–water partition coefficient (Wildman–Crippen LogP) is 4.89. The maximum atomic E-state index is 15.2. The van der Waals surface area contributed by atoms with E-state index in [1.165, 1.54) is 0 Å². The van der Waals surface area contributed by atoms with Crippen molar-refractivity contribution in [3.8, 4) is 11.8 Å². The van der Waals surface area contributed by atoms with Gasteiger partial charge in [0.15, 0.2) is 17.4 Å². The minimum atomic E-state index is -0.443. The van der Waals surface area contributed by atoms with E-state index >= 15 is 4.39 Å². The molecule has 1 unspecified atom stereocenters. The summed E-state index contributed by atoms with van der Waals surface area (Å²) < 4.78 is 21.1. The number of anilines is 3. The molecule has 0 aliphatic carbocycles. The van der Waals surface area contributed by atoms with Crippen molar-refractivity contribution in [1.82, 2.24) is 30.0 Å². The van der Waals surface area contributed by atoms with Crippen LogP contribution in [-0.4, -0.2) is 62.3 Å². The number of fused-ring (bicyclic) bond motifs is 1. The number of aromatic amines is 2. The van der Waals surface area contributed by atoms with Crippen molar-refractivity contribution >= 4 is 28.4 Å². The van der Waals surface area contributed by atoms with Gasteiger partial charge in [0.2, 0.25) is 0 Å². The van der Waals surface area contributed by atoms with Crippen molar-refractivity contribution in [1.29, 1.82) is 0 Å². The van der Waals surface area contributed by atoms with E-state index in [4.69, 9.17) is 4.74 Å². The molecule has 1 atom stereocenters. The van der Waals surface area contributed by atoms with Gasteiger partial charge in [0.05, 0.1) is 0 Å². The second-order valence-corrected chi connectivity index (χ2v) is 8.96. The number of hydrogen-bond donors (Lipinski definition) is 3. The number of nitrogens with one attached hydrogen (secondary N) is 3. The Morgan fingerprint density at radius 1 is 1.11 bits per heavy atom. The van der Waals surface area contributed by atoms with Gasteiger partial charge in [0.1, 0.15) is 11.6 Å². The summed E-state index contributed by atoms with van der Waals surface area (Å²) in [5.41, 5.74) is 2.53. The van der Waals surface area contributed by atoms with E-state index in [-0.39, 0.29) is 11.8 Å². The highest BCUT2D eigenvalue weighted by Gasteiger charge is 2.28. The first-order chi connectivity index (χ1) is 16.9. The second-order valence-electron chi connectivity index (χ2n) is 8.96. The molecule has 4 aromatic rings. The van der Waals surface area contributed by atoms with Crippen LogP contribution in [0, 0.1) is 19.7 Å². The Kier molecular flexibility index (Phi) is 6.29. The number of ether oxygens (including phenoxy) is 1. The molecule has 9 nitrogen and oxygen atoms in total. The Morgan fingerprint density at radius 2 is 1.94 bits per heavy atom. The van der Waals surface area contributed by atoms with Gasteiger partial charge in [-0.25, -0.2) is 4.39 Å². The average Bonchev–Trinajstić information content (AvgIpc) is 3.57. The molecule has 3 aromatic heterocycles. The first-order valence-corrected chi connectivity index (χ1v) is 12.1. The Bertz CT molecular complexity index is 1330. The fourth-order valence-corrected chi connectivity index (χ4v) is 4.75. The zero-order valence-electron chi connectivity index (χ0n) is 20.5. The zero-order valence-corrected chi connectivity index (χ0v) is 20.5. The van der Waals surface area contributed by atoms with E-state index in [0.29, 0.717) is 23.1 Å². The van der Waals surface area contributed by atoms with Crippen LogP contribution in [0.5, 0.6) is 11.8 Å². The Balaban J connectivity index is 1.47. The van der Waals surface area contributed by atoms with E-state index in [2.05, 4.69) is 54.1 Å². The molecule has 1 aliphatic rings. The molecule has 3 N–H and O–H groups in total. The van der Waals surface area contributed by atoms with Crippen molar-refractivity contribution in [2.45, 2.75) is 40.2 Å². The first kappa shape index (κ1) is 23.1. The lowest BCUT2D eigenvalue weighted by Crippen LogP contribution is -2.37. The molecule has 1 fully saturated rings. The summed E-state index contributed by atoms with van der Waals surface area (Å²) in [6, 6.07) is 9.47. The number of H-pyrrole nitrogens is 2. The van der Waals surface area contributed by atoms with Gasteiger partial charge in [0.25, 0.3) is 0 Å². The fraction of sp³-hybridized carbons (Fsp3) is 0.400. The van der Waals surface area contributed by atoms with E-state index in [0.717, 1.165) is 55.3 Å².